The largest absolute Gasteiger partial charge is 0.195 e. The molecule has 0 saturated heterocycles. The molecule has 0 spiro atoms. The van der Waals surface area contributed by atoms with Crippen LogP contribution in [0.25, 0.3) is 0 Å². The molecule has 30 valence electrons. The van der Waals surface area contributed by atoms with E-state index in [1.54, 1.807) is 0 Å². The molecular weight excluding hydrogens is 158 g/mol. The second-order valence-electron chi connectivity index (χ2n) is 0.399. The maximum atomic E-state index is 11.0. The Kier molecular flexibility index (Phi) is 2.90. The monoisotopic (exact) mass is 158 g/mol. The Bertz CT molecular complexity index is 47.6. The first-order valence-corrected chi connectivity index (χ1v) is 2.18. The molecule has 0 unspecified atom stereocenters. The van der Waals surface area contributed by atoms with Gasteiger partial charge in [0.25, 0.3) is 0 Å². The Labute approximate surface area is 42.8 Å². The summed E-state index contributed by atoms with van der Waals surface area (Å²) in [4.78, 5) is 0.995. The smallest absolute Gasteiger partial charge is 0.193 e. The lowest BCUT2D eigenvalue weighted by molar-refractivity contribution is 0.698. The van der Waals surface area contributed by atoms with Gasteiger partial charge in [0.2, 0.25) is 0 Å². The second-order valence-corrected chi connectivity index (χ2v) is 1.22. The minimum Gasteiger partial charge on any atom is -0.193 e. The van der Waals surface area contributed by atoms with Crippen LogP contribution in [0.15, 0.2) is 10.3 Å². The number of hydrogen-bond acceptors (Lipinski definition) is 0. The third-order valence-corrected chi connectivity index (χ3v) is 0.857. The minimum atomic E-state index is -0.731. The van der Waals surface area contributed by atoms with E-state index in [2.05, 4.69) is 27.5 Å². The fourth-order valence-corrected chi connectivity index (χ4v) is 0. The fourth-order valence-electron chi connectivity index (χ4n) is 0. The average molecular weight is 159 g/mol. The first-order chi connectivity index (χ1) is 2.27. The van der Waals surface area contributed by atoms with Gasteiger partial charge in [-0.25, -0.2) is 0 Å². The molecule has 0 aliphatic carbocycles. The van der Waals surface area contributed by atoms with Crippen LogP contribution in [-0.4, -0.2) is 0 Å². The molecule has 0 amide bonds. The van der Waals surface area contributed by atoms with E-state index in [-0.39, 0.29) is 0 Å². The van der Waals surface area contributed by atoms with Gasteiger partial charge in [-0.15, -0.1) is 0 Å². The molecule has 0 aliphatic rings. The summed E-state index contributed by atoms with van der Waals surface area (Å²) in [5.41, 5.74) is 0. The highest BCUT2D eigenvalue weighted by Gasteiger charge is 1.72. The van der Waals surface area contributed by atoms with E-state index in [0.717, 1.165) is 4.99 Å². The zero-order valence-corrected chi connectivity index (χ0v) is 4.55. The van der Waals surface area contributed by atoms with Crippen molar-refractivity contribution in [1.82, 2.24) is 0 Å². The molecule has 0 aliphatic heterocycles. The van der Waals surface area contributed by atoms with Gasteiger partial charge < -0.3 is 0 Å². The van der Waals surface area contributed by atoms with Gasteiger partial charge in [0, 0.05) is 4.99 Å². The maximum absolute atomic E-state index is 11.0. The molecule has 0 nitrogen and oxygen atoms in total. The van der Waals surface area contributed by atoms with Gasteiger partial charge in [-0.05, 0) is 0 Å². The molecule has 0 aromatic heterocycles. The molecule has 0 aromatic rings. The van der Waals surface area contributed by atoms with Crippen LogP contribution in [0.3, 0.4) is 0 Å². The zero-order chi connectivity index (χ0) is 4.28. The molecule has 0 saturated carbocycles. The van der Waals surface area contributed by atoms with Crippen molar-refractivity contribution < 1.29 is 4.39 Å². The molecule has 3 heteroatoms. The minimum absolute atomic E-state index is 0.731. The van der Waals surface area contributed by atoms with Crippen LogP contribution < -0.4 is 0 Å². The summed E-state index contributed by atoms with van der Waals surface area (Å²) in [5.74, 6) is 0. The Morgan fingerprint density at radius 1 is 2.00 bits per heavy atom. The van der Waals surface area contributed by atoms with E-state index in [4.69, 9.17) is 0 Å². The van der Waals surface area contributed by atoms with Gasteiger partial charge in [0.1, 0.15) is 0 Å². The van der Waals surface area contributed by atoms with Crippen molar-refractivity contribution in [2.75, 3.05) is 0 Å². The Morgan fingerprint density at radius 2 is 2.20 bits per heavy atom. The van der Waals surface area contributed by atoms with Crippen molar-refractivity contribution in [3.63, 3.8) is 0 Å². The molecule has 5 heavy (non-hydrogen) atoms. The van der Waals surface area contributed by atoms with Crippen molar-refractivity contribution in [2.45, 2.75) is 0 Å². The van der Waals surface area contributed by atoms with E-state index >= 15 is 0 Å². The number of halogens is 3. The second kappa shape index (κ2) is 2.67. The standard InChI is InChI=1S/C2HBrClF/c3-1-2(4)5/h1H. The Balaban J connectivity index is 3.14. The highest BCUT2D eigenvalue weighted by atomic mass is 79.9. The maximum Gasteiger partial charge on any atom is 0.195 e. The molecule has 0 aromatic carbocycles. The van der Waals surface area contributed by atoms with Crippen molar-refractivity contribution in [1.29, 1.82) is 0 Å². The van der Waals surface area contributed by atoms with Crippen molar-refractivity contribution >= 4 is 27.5 Å². The number of rotatable bonds is 0. The van der Waals surface area contributed by atoms with Crippen LogP contribution in [0.2, 0.25) is 0 Å². The van der Waals surface area contributed by atoms with Gasteiger partial charge in [-0.1, -0.05) is 27.5 Å². The summed E-state index contributed by atoms with van der Waals surface area (Å²) in [6, 6.07) is 0. The summed E-state index contributed by atoms with van der Waals surface area (Å²) in [7, 11) is 0. The lowest BCUT2D eigenvalue weighted by Gasteiger charge is -1.63. The van der Waals surface area contributed by atoms with Gasteiger partial charge in [-0.2, -0.15) is 4.39 Å². The summed E-state index contributed by atoms with van der Waals surface area (Å²) < 4.78 is 11.0. The predicted molar refractivity (Wildman–Crippen MR) is 24.0 cm³/mol. The van der Waals surface area contributed by atoms with Gasteiger partial charge in [0.15, 0.2) is 5.29 Å². The van der Waals surface area contributed by atoms with Crippen LogP contribution >= 0.6 is 27.5 Å². The van der Waals surface area contributed by atoms with E-state index in [1.807, 2.05) is 0 Å². The first-order valence-electron chi connectivity index (χ1n) is 0.885. The van der Waals surface area contributed by atoms with E-state index in [9.17, 15) is 4.39 Å². The quantitative estimate of drug-likeness (QED) is 0.509. The average Bonchev–Trinajstić information content (AvgIpc) is 1.38. The summed E-state index contributed by atoms with van der Waals surface area (Å²) in [6.45, 7) is 0. The van der Waals surface area contributed by atoms with Crippen LogP contribution in [0.4, 0.5) is 4.39 Å². The summed E-state index contributed by atoms with van der Waals surface area (Å²) in [6.07, 6.45) is 0. The van der Waals surface area contributed by atoms with Crippen LogP contribution in [0, 0.1) is 0 Å². The molecule has 0 rings (SSSR count). The molecule has 0 atom stereocenters. The molecule has 0 N–H and O–H groups in total. The van der Waals surface area contributed by atoms with E-state index in [0.29, 0.717) is 0 Å². The van der Waals surface area contributed by atoms with Crippen LogP contribution in [0.1, 0.15) is 0 Å². The van der Waals surface area contributed by atoms with E-state index < -0.39 is 5.29 Å². The fraction of sp³-hybridized carbons (Fsp3) is 0. The summed E-state index contributed by atoms with van der Waals surface area (Å²) >= 11 is 7.25. The molecular formula is C2HBrClF. The van der Waals surface area contributed by atoms with E-state index in [1.165, 1.54) is 0 Å². The highest BCUT2D eigenvalue weighted by molar-refractivity contribution is 9.11. The molecule has 0 bridgehead atoms. The first kappa shape index (κ1) is 5.44. The molecule has 0 heterocycles. The predicted octanol–water partition coefficient (Wildman–Crippen LogP) is 2.39. The Hall–Kier alpha value is 0.440. The van der Waals surface area contributed by atoms with Crippen molar-refractivity contribution in [3.05, 3.63) is 10.3 Å². The zero-order valence-electron chi connectivity index (χ0n) is 2.21. The topological polar surface area (TPSA) is 0 Å². The molecule has 0 fully saturated rings. The van der Waals surface area contributed by atoms with Gasteiger partial charge in [-0.3, -0.25) is 0 Å². The van der Waals surface area contributed by atoms with Gasteiger partial charge >= 0.3 is 0 Å². The summed E-state index contributed by atoms with van der Waals surface area (Å²) in [5, 5.41) is -0.731. The van der Waals surface area contributed by atoms with Crippen LogP contribution in [0.5, 0.6) is 0 Å². The Morgan fingerprint density at radius 3 is 2.20 bits per heavy atom. The SMILES string of the molecule is FC(Cl)=CBr. The third kappa shape index (κ3) is 4.44. The van der Waals surface area contributed by atoms with Gasteiger partial charge in [0.05, 0.1) is 0 Å². The number of hydrogen-bond donors (Lipinski definition) is 0. The normalized spacial score (nSPS) is 12.2. The third-order valence-electron chi connectivity index (χ3n) is 0.0825. The lowest BCUT2D eigenvalue weighted by Crippen LogP contribution is -1.36. The highest BCUT2D eigenvalue weighted by Crippen LogP contribution is 2.02. The van der Waals surface area contributed by atoms with Crippen LogP contribution in [-0.2, 0) is 0 Å². The van der Waals surface area contributed by atoms with Crippen molar-refractivity contribution in [2.24, 2.45) is 0 Å². The lowest BCUT2D eigenvalue weighted by atomic mass is 11.2. The molecule has 0 radical (unpaired) electrons. The van der Waals surface area contributed by atoms with Crippen molar-refractivity contribution in [3.8, 4) is 0 Å².